The summed E-state index contributed by atoms with van der Waals surface area (Å²) in [4.78, 5) is 0. The molecule has 0 aromatic heterocycles. The van der Waals surface area contributed by atoms with Gasteiger partial charge in [0.1, 0.15) is 0 Å². The third-order valence-electron chi connectivity index (χ3n) is 0. The third-order valence-corrected chi connectivity index (χ3v) is 0. The Hall–Kier alpha value is 3.22. The van der Waals surface area contributed by atoms with E-state index in [4.69, 9.17) is 0 Å². The zero-order valence-electron chi connectivity index (χ0n) is 2.94. The van der Waals surface area contributed by atoms with Crippen molar-refractivity contribution in [3.05, 3.63) is 0 Å². The molecule has 60 valence electrons. The van der Waals surface area contributed by atoms with Crippen molar-refractivity contribution in [2.45, 2.75) is 0 Å². The minimum absolute atomic E-state index is 0. The second kappa shape index (κ2) is 60.1. The van der Waals surface area contributed by atoms with Crippen LogP contribution in [0.15, 0.2) is 0 Å². The second-order valence-electron chi connectivity index (χ2n) is 0. The molecule has 0 aliphatic rings. The molecule has 0 amide bonds. The first-order valence-electron chi connectivity index (χ1n) is 0. The van der Waals surface area contributed by atoms with Crippen LogP contribution in [0.25, 0.3) is 0 Å². The van der Waals surface area contributed by atoms with Crippen LogP contribution < -0.4 is 0 Å². The fraction of sp³-hybridized carbons (Fsp3) is 0. The third kappa shape index (κ3) is 46.4. The van der Waals surface area contributed by atoms with Crippen LogP contribution in [0.3, 0.4) is 0 Å². The van der Waals surface area contributed by atoms with Crippen LogP contribution in [0.4, 0.5) is 0 Å². The molecule has 0 aromatic rings. The number of halogens is 4. The van der Waals surface area contributed by atoms with Crippen molar-refractivity contribution in [2.24, 2.45) is 0 Å². The monoisotopic (exact) mass is 436 g/mol. The number of hydrogen-bond acceptors (Lipinski definition) is 0. The van der Waals surface area contributed by atoms with E-state index in [1.165, 1.54) is 0 Å². The minimum atomic E-state index is 0. The van der Waals surface area contributed by atoms with E-state index in [-0.39, 0.29) is 113 Å². The quantitative estimate of drug-likeness (QED) is 0.491. The summed E-state index contributed by atoms with van der Waals surface area (Å²) in [5, 5.41) is 0. The summed E-state index contributed by atoms with van der Waals surface area (Å²) in [6.45, 7) is 0. The standard InChI is InChI=1S/Ag.4ClH.Cu.Sn.2H/h;4*1H;;;;. The first-order valence-corrected chi connectivity index (χ1v) is 0. The Morgan fingerprint density at radius 2 is 0.571 bits per heavy atom. The molecule has 0 saturated carbocycles. The van der Waals surface area contributed by atoms with Crippen molar-refractivity contribution < 1.29 is 39.4 Å². The van der Waals surface area contributed by atoms with Gasteiger partial charge in [0.05, 0.1) is 0 Å². The molecule has 0 heterocycles. The first-order chi connectivity index (χ1) is 0. The van der Waals surface area contributed by atoms with Crippen LogP contribution >= 0.6 is 49.6 Å². The molecule has 0 nitrogen and oxygen atoms in total. The first kappa shape index (κ1) is 83.8. The Morgan fingerprint density at radius 3 is 0.571 bits per heavy atom. The topological polar surface area (TPSA) is 0 Å². The fourth-order valence-corrected chi connectivity index (χ4v) is 0. The SMILES string of the molecule is Cl.Cl.Cl.Cl.[Ag].[Cu].[SnH2]. The van der Waals surface area contributed by atoms with Gasteiger partial charge in [-0.05, 0) is 0 Å². The fourth-order valence-electron chi connectivity index (χ4n) is 0. The van der Waals surface area contributed by atoms with Gasteiger partial charge in [0.2, 0.25) is 0 Å². The predicted molar refractivity (Wildman–Crippen MR) is 37.5 cm³/mol. The van der Waals surface area contributed by atoms with Gasteiger partial charge in [-0.15, -0.1) is 49.6 Å². The van der Waals surface area contributed by atoms with Crippen LogP contribution in [0.1, 0.15) is 0 Å². The molecule has 7 heteroatoms. The zero-order valence-corrected chi connectivity index (χ0v) is 12.7. The molecule has 0 bridgehead atoms. The molecule has 0 atom stereocenters. The molecular weight excluding hydrogens is 432 g/mol. The summed E-state index contributed by atoms with van der Waals surface area (Å²) in [5.74, 6) is 0. The van der Waals surface area contributed by atoms with Crippen molar-refractivity contribution >= 4 is 73.5 Å². The van der Waals surface area contributed by atoms with Gasteiger partial charge in [-0.3, -0.25) is 0 Å². The van der Waals surface area contributed by atoms with E-state index in [1.807, 2.05) is 0 Å². The molecule has 7 heavy (non-hydrogen) atoms. The van der Waals surface area contributed by atoms with Gasteiger partial charge in [0.15, 0.2) is 0 Å². The molecule has 0 aromatic carbocycles. The molecule has 0 rings (SSSR count). The maximum absolute atomic E-state index is 0. The average molecular weight is 438 g/mol. The maximum atomic E-state index is 0. The summed E-state index contributed by atoms with van der Waals surface area (Å²) in [7, 11) is 0. The Kier molecular flexibility index (Phi) is 720. The molecule has 0 aliphatic carbocycles. The van der Waals surface area contributed by atoms with E-state index in [9.17, 15) is 0 Å². The molecular formula is H6AgCl4CuSn. The molecule has 0 aliphatic heterocycles. The normalized spacial score (nSPS) is 0. The van der Waals surface area contributed by atoms with Crippen LogP contribution in [0.2, 0.25) is 0 Å². The molecule has 0 spiro atoms. The summed E-state index contributed by atoms with van der Waals surface area (Å²) < 4.78 is 0. The molecule has 4 radical (unpaired) electrons. The summed E-state index contributed by atoms with van der Waals surface area (Å²) >= 11 is 0. The van der Waals surface area contributed by atoms with E-state index in [2.05, 4.69) is 0 Å². The molecule has 0 saturated heterocycles. The second-order valence-corrected chi connectivity index (χ2v) is 0. The van der Waals surface area contributed by atoms with Gasteiger partial charge in [-0.2, -0.15) is 0 Å². The molecule has 0 fully saturated rings. The van der Waals surface area contributed by atoms with E-state index in [1.54, 1.807) is 0 Å². The van der Waals surface area contributed by atoms with Gasteiger partial charge in [0, 0.05) is 39.4 Å². The Labute approximate surface area is 111 Å². The van der Waals surface area contributed by atoms with Gasteiger partial charge in [0.25, 0.3) is 0 Å². The van der Waals surface area contributed by atoms with Crippen LogP contribution in [0.5, 0.6) is 0 Å². The van der Waals surface area contributed by atoms with E-state index in [0.717, 1.165) is 0 Å². The Bertz CT molecular complexity index is 11.7. The summed E-state index contributed by atoms with van der Waals surface area (Å²) in [6, 6.07) is 0. The van der Waals surface area contributed by atoms with Crippen LogP contribution in [-0.4, -0.2) is 23.9 Å². The van der Waals surface area contributed by atoms with E-state index < -0.39 is 0 Å². The van der Waals surface area contributed by atoms with Crippen molar-refractivity contribution in [3.63, 3.8) is 0 Å². The number of rotatable bonds is 0. The molecule has 0 unspecified atom stereocenters. The van der Waals surface area contributed by atoms with Gasteiger partial charge in [-0.25, -0.2) is 0 Å². The average Bonchev–Trinajstić information content (AvgIpc) is 0. The van der Waals surface area contributed by atoms with Crippen molar-refractivity contribution in [1.82, 2.24) is 0 Å². The van der Waals surface area contributed by atoms with Crippen LogP contribution in [-0.2, 0) is 39.4 Å². The van der Waals surface area contributed by atoms with Crippen molar-refractivity contribution in [3.8, 4) is 0 Å². The van der Waals surface area contributed by atoms with Gasteiger partial charge >= 0.3 is 23.9 Å². The van der Waals surface area contributed by atoms with Gasteiger partial charge < -0.3 is 0 Å². The van der Waals surface area contributed by atoms with E-state index >= 15 is 0 Å². The summed E-state index contributed by atoms with van der Waals surface area (Å²) in [6.07, 6.45) is 0. The predicted octanol–water partition coefficient (Wildman–Crippen LogP) is 0.766. The molecule has 0 N–H and O–H groups in total. The van der Waals surface area contributed by atoms with Crippen molar-refractivity contribution in [1.29, 1.82) is 0 Å². The van der Waals surface area contributed by atoms with Crippen LogP contribution in [0, 0.1) is 0 Å². The summed E-state index contributed by atoms with van der Waals surface area (Å²) in [5.41, 5.74) is 0. The van der Waals surface area contributed by atoms with Crippen molar-refractivity contribution in [2.75, 3.05) is 0 Å². The Balaban J connectivity index is 0. The Morgan fingerprint density at radius 1 is 0.571 bits per heavy atom. The zero-order chi connectivity index (χ0) is 0. The van der Waals surface area contributed by atoms with Gasteiger partial charge in [-0.1, -0.05) is 0 Å². The van der Waals surface area contributed by atoms with E-state index in [0.29, 0.717) is 0 Å². The number of hydrogen-bond donors (Lipinski definition) is 0.